The van der Waals surface area contributed by atoms with Gasteiger partial charge in [-0.15, -0.1) is 24.0 Å². The average molecular weight is 468 g/mol. The molecule has 0 amide bonds. The average Bonchev–Trinajstić information content (AvgIpc) is 2.47. The van der Waals surface area contributed by atoms with E-state index >= 15 is 0 Å². The van der Waals surface area contributed by atoms with Crippen molar-refractivity contribution in [1.82, 2.24) is 16.0 Å². The second kappa shape index (κ2) is 11.9. The van der Waals surface area contributed by atoms with Crippen molar-refractivity contribution >= 4 is 41.7 Å². The predicted molar refractivity (Wildman–Crippen MR) is 115 cm³/mol. The minimum atomic E-state index is -0.187. The summed E-state index contributed by atoms with van der Waals surface area (Å²) >= 11 is 1.69. The second-order valence-electron chi connectivity index (χ2n) is 6.38. The molecule has 0 fully saturated rings. The number of benzene rings is 1. The van der Waals surface area contributed by atoms with Gasteiger partial charge < -0.3 is 16.0 Å². The number of guanidine groups is 1. The summed E-state index contributed by atoms with van der Waals surface area (Å²) in [4.78, 5) is 4.22. The Labute approximate surface area is 166 Å². The second-order valence-corrected chi connectivity index (χ2v) is 7.24. The molecule has 0 atom stereocenters. The van der Waals surface area contributed by atoms with Crippen LogP contribution in [0.5, 0.6) is 0 Å². The van der Waals surface area contributed by atoms with E-state index in [1.165, 1.54) is 6.07 Å². The van der Waals surface area contributed by atoms with Crippen LogP contribution in [0.3, 0.4) is 0 Å². The van der Waals surface area contributed by atoms with Crippen LogP contribution in [0.25, 0.3) is 0 Å². The molecule has 0 heterocycles. The Morgan fingerprint density at radius 1 is 1.17 bits per heavy atom. The molecule has 0 aliphatic carbocycles. The first kappa shape index (κ1) is 23.5. The van der Waals surface area contributed by atoms with Crippen LogP contribution < -0.4 is 16.0 Å². The Morgan fingerprint density at radius 3 is 2.46 bits per heavy atom. The van der Waals surface area contributed by atoms with Crippen molar-refractivity contribution in [3.05, 3.63) is 35.1 Å². The van der Waals surface area contributed by atoms with Gasteiger partial charge in [-0.1, -0.05) is 6.07 Å². The van der Waals surface area contributed by atoms with Gasteiger partial charge in [0.25, 0.3) is 0 Å². The van der Waals surface area contributed by atoms with Crippen molar-refractivity contribution in [2.75, 3.05) is 26.4 Å². The third-order valence-corrected chi connectivity index (χ3v) is 3.81. The van der Waals surface area contributed by atoms with E-state index in [0.717, 1.165) is 35.9 Å². The number of hydrogen-bond donors (Lipinski definition) is 3. The third kappa shape index (κ3) is 9.68. The lowest BCUT2D eigenvalue weighted by Crippen LogP contribution is -2.44. The van der Waals surface area contributed by atoms with Gasteiger partial charge in [-0.3, -0.25) is 4.99 Å². The minimum Gasteiger partial charge on any atom is -0.355 e. The van der Waals surface area contributed by atoms with Crippen molar-refractivity contribution in [2.24, 2.45) is 4.99 Å². The van der Waals surface area contributed by atoms with E-state index < -0.39 is 0 Å². The monoisotopic (exact) mass is 468 g/mol. The molecule has 3 N–H and O–H groups in total. The van der Waals surface area contributed by atoms with E-state index in [2.05, 4.69) is 41.7 Å². The van der Waals surface area contributed by atoms with Crippen LogP contribution in [0.1, 0.15) is 31.9 Å². The Morgan fingerprint density at radius 2 is 1.88 bits per heavy atom. The quantitative estimate of drug-likeness (QED) is 0.249. The number of nitrogens with one attached hydrogen (secondary N) is 3. The van der Waals surface area contributed by atoms with Gasteiger partial charge in [0, 0.05) is 38.0 Å². The Balaban J connectivity index is 0.00000529. The lowest BCUT2D eigenvalue weighted by molar-refractivity contribution is 0.428. The number of aliphatic imine (C=N–C) groups is 1. The molecule has 1 aromatic rings. The first-order valence-corrected chi connectivity index (χ1v) is 9.21. The molecule has 4 nitrogen and oxygen atoms in total. The molecular formula is C17H30FIN4S. The lowest BCUT2D eigenvalue weighted by Gasteiger charge is -2.21. The van der Waals surface area contributed by atoms with Crippen molar-refractivity contribution in [3.8, 4) is 0 Å². The fourth-order valence-corrected chi connectivity index (χ4v) is 2.65. The van der Waals surface area contributed by atoms with Crippen molar-refractivity contribution in [3.63, 3.8) is 0 Å². The summed E-state index contributed by atoms with van der Waals surface area (Å²) in [5.41, 5.74) is 2.23. The van der Waals surface area contributed by atoms with Crippen LogP contribution in [0.4, 0.5) is 4.39 Å². The summed E-state index contributed by atoms with van der Waals surface area (Å²) in [6.45, 7) is 8.70. The van der Waals surface area contributed by atoms with Crippen molar-refractivity contribution in [2.45, 2.75) is 38.6 Å². The zero-order valence-electron chi connectivity index (χ0n) is 15.2. The van der Waals surface area contributed by atoms with Gasteiger partial charge in [0.2, 0.25) is 0 Å². The number of thioether (sulfide) groups is 1. The molecule has 138 valence electrons. The minimum absolute atomic E-state index is 0. The van der Waals surface area contributed by atoms with Crippen LogP contribution in [-0.2, 0) is 12.3 Å². The first-order chi connectivity index (χ1) is 10.9. The highest BCUT2D eigenvalue weighted by molar-refractivity contribution is 14.0. The normalized spacial score (nSPS) is 11.8. The standard InChI is InChI=1S/C17H29FN4S.HI/c1-17(2,3)22-9-8-20-16(19-4)21-11-13-6-7-15(18)10-14(13)12-23-5;/h6-7,10,22H,8-9,11-12H2,1-5H3,(H2,19,20,21);1H. The van der Waals surface area contributed by atoms with E-state index in [0.29, 0.717) is 6.54 Å². The highest BCUT2D eigenvalue weighted by Crippen LogP contribution is 2.16. The zero-order chi connectivity index (χ0) is 17.3. The van der Waals surface area contributed by atoms with Crippen molar-refractivity contribution in [1.29, 1.82) is 0 Å². The smallest absolute Gasteiger partial charge is 0.191 e. The highest BCUT2D eigenvalue weighted by atomic mass is 127. The summed E-state index contributed by atoms with van der Waals surface area (Å²) < 4.78 is 13.4. The van der Waals surface area contributed by atoms with Crippen LogP contribution in [0.15, 0.2) is 23.2 Å². The molecule has 0 saturated carbocycles. The molecule has 0 aliphatic rings. The molecule has 1 rings (SSSR count). The van der Waals surface area contributed by atoms with Gasteiger partial charge in [0.05, 0.1) is 0 Å². The van der Waals surface area contributed by atoms with Crippen LogP contribution in [0, 0.1) is 5.82 Å². The Kier molecular flexibility index (Phi) is 11.6. The molecule has 24 heavy (non-hydrogen) atoms. The fourth-order valence-electron chi connectivity index (χ4n) is 2.07. The number of rotatable bonds is 7. The third-order valence-electron chi connectivity index (χ3n) is 3.21. The molecule has 0 bridgehead atoms. The van der Waals surface area contributed by atoms with Gasteiger partial charge in [0.15, 0.2) is 5.96 Å². The van der Waals surface area contributed by atoms with E-state index in [-0.39, 0.29) is 35.3 Å². The SMILES string of the molecule is CN=C(NCCNC(C)(C)C)NCc1ccc(F)cc1CSC.I. The molecule has 0 radical (unpaired) electrons. The van der Waals surface area contributed by atoms with E-state index in [1.807, 2.05) is 12.3 Å². The molecule has 7 heteroatoms. The van der Waals surface area contributed by atoms with Gasteiger partial charge in [-0.2, -0.15) is 11.8 Å². The van der Waals surface area contributed by atoms with Crippen molar-refractivity contribution < 1.29 is 4.39 Å². The number of nitrogens with zero attached hydrogens (tertiary/aromatic N) is 1. The Hall–Kier alpha value is -0.540. The maximum absolute atomic E-state index is 13.4. The molecule has 0 unspecified atom stereocenters. The van der Waals surface area contributed by atoms with E-state index in [4.69, 9.17) is 0 Å². The maximum atomic E-state index is 13.4. The summed E-state index contributed by atoms with van der Waals surface area (Å²) in [7, 11) is 1.75. The highest BCUT2D eigenvalue weighted by Gasteiger charge is 2.08. The predicted octanol–water partition coefficient (Wildman–Crippen LogP) is 3.36. The summed E-state index contributed by atoms with van der Waals surface area (Å²) in [5, 5.41) is 9.97. The Bertz CT molecular complexity index is 518. The van der Waals surface area contributed by atoms with Crippen LogP contribution in [0.2, 0.25) is 0 Å². The molecule has 0 saturated heterocycles. The molecule has 0 aromatic heterocycles. The van der Waals surface area contributed by atoms with Gasteiger partial charge in [0.1, 0.15) is 5.82 Å². The maximum Gasteiger partial charge on any atom is 0.191 e. The lowest BCUT2D eigenvalue weighted by atomic mass is 10.1. The van der Waals surface area contributed by atoms with Gasteiger partial charge >= 0.3 is 0 Å². The van der Waals surface area contributed by atoms with Crippen LogP contribution >= 0.6 is 35.7 Å². The fraction of sp³-hybridized carbons (Fsp3) is 0.588. The van der Waals surface area contributed by atoms with Gasteiger partial charge in [-0.25, -0.2) is 4.39 Å². The number of hydrogen-bond acceptors (Lipinski definition) is 3. The van der Waals surface area contributed by atoms with E-state index in [1.54, 1.807) is 24.9 Å². The van der Waals surface area contributed by atoms with Gasteiger partial charge in [-0.05, 0) is 50.3 Å². The molecule has 1 aromatic carbocycles. The van der Waals surface area contributed by atoms with Crippen LogP contribution in [-0.4, -0.2) is 37.9 Å². The summed E-state index contributed by atoms with van der Waals surface area (Å²) in [5.74, 6) is 1.37. The topological polar surface area (TPSA) is 48.5 Å². The largest absolute Gasteiger partial charge is 0.355 e. The first-order valence-electron chi connectivity index (χ1n) is 7.81. The summed E-state index contributed by atoms with van der Waals surface area (Å²) in [6, 6.07) is 4.95. The number of halogens is 2. The van der Waals surface area contributed by atoms with E-state index in [9.17, 15) is 4.39 Å². The molecular weight excluding hydrogens is 438 g/mol. The zero-order valence-corrected chi connectivity index (χ0v) is 18.3. The molecule has 0 spiro atoms. The summed E-state index contributed by atoms with van der Waals surface area (Å²) in [6.07, 6.45) is 2.02. The molecule has 0 aliphatic heterocycles.